The van der Waals surface area contributed by atoms with E-state index >= 15 is 0 Å². The predicted molar refractivity (Wildman–Crippen MR) is 389 cm³/mol. The highest BCUT2D eigenvalue weighted by Gasteiger charge is 2.62. The molecule has 0 aromatic heterocycles. The van der Waals surface area contributed by atoms with Crippen molar-refractivity contribution in [3.05, 3.63) is 0 Å². The highest BCUT2D eigenvalue weighted by molar-refractivity contribution is 5.77. The summed E-state index contributed by atoms with van der Waals surface area (Å²) in [5.74, 6) is -9.02. The fraction of sp³-hybridized carbons (Fsp3) is 0.947. The number of aliphatic carboxylic acids is 1. The van der Waals surface area contributed by atoms with Gasteiger partial charge in [0.1, 0.15) is 110 Å². The molecule has 0 aromatic carbocycles. The molecule has 5 rings (SSSR count). The summed E-state index contributed by atoms with van der Waals surface area (Å²) in [4.78, 5) is 53.2. The summed E-state index contributed by atoms with van der Waals surface area (Å²) in [5, 5.41) is 195. The van der Waals surface area contributed by atoms with Gasteiger partial charge in [-0.25, -0.2) is 4.79 Å². The Morgan fingerprint density at radius 1 is 0.468 bits per heavy atom. The first-order chi connectivity index (χ1) is 52.3. The number of carbonyl (C=O) groups excluding carboxylic acids is 3. The van der Waals surface area contributed by atoms with Gasteiger partial charge in [-0.2, -0.15) is 0 Å². The van der Waals surface area contributed by atoms with Gasteiger partial charge in [0.2, 0.25) is 11.8 Å². The number of carboxylic acids is 1. The molecule has 0 spiro atoms. The standard InChI is InChI=1S/C76H138N2O31/c1-5-7-9-11-13-15-17-19-20-21-22-24-26-28-30-32-34-36-56(89)78-48(49(86)35-33-31-29-27-25-23-18-16-14-12-10-8-6-2)44-100-72-64(96)62(94)67(54(42-82)103-72)106-74-65(97)70(109-76(75(98)99)38-50(87)57(77-46(4)85)69(108-76)58(90)51(88)39-79)68(55(43-83)104-74)107-71-47(37-45(3)84)66(60(92)53(41-81)101-71)105-73-63(95)61(93)59(91)52(40-80)102-73/h47-55,57-74,79-83,86-88,90-97H,5-44H2,1-4H3,(H,77,85)(H,78,89)(H,98,99). The monoisotopic (exact) mass is 1570 g/mol. The average Bonchev–Trinajstić information content (AvgIpc) is 0.747. The van der Waals surface area contributed by atoms with Crippen molar-refractivity contribution in [2.24, 2.45) is 5.92 Å². The van der Waals surface area contributed by atoms with Crippen molar-refractivity contribution in [3.8, 4) is 0 Å². The zero-order valence-electron chi connectivity index (χ0n) is 64.7. The molecular formula is C76H138N2O31. The van der Waals surface area contributed by atoms with E-state index in [4.69, 9.17) is 47.4 Å². The van der Waals surface area contributed by atoms with Gasteiger partial charge in [0.05, 0.1) is 70.0 Å². The number of carboxylic acid groups (broad SMARTS) is 1. The fourth-order valence-electron chi connectivity index (χ4n) is 15.2. The molecule has 0 bridgehead atoms. The van der Waals surface area contributed by atoms with Crippen molar-refractivity contribution in [1.29, 1.82) is 0 Å². The summed E-state index contributed by atoms with van der Waals surface area (Å²) in [6.07, 6.45) is -15.5. The number of amides is 2. The first-order valence-electron chi connectivity index (χ1n) is 40.6. The van der Waals surface area contributed by atoms with Crippen molar-refractivity contribution in [1.82, 2.24) is 10.6 Å². The van der Waals surface area contributed by atoms with Gasteiger partial charge < -0.3 is 150 Å². The number of aliphatic hydroxyl groups excluding tert-OH is 16. The normalized spacial score (nSPS) is 34.1. The Morgan fingerprint density at radius 2 is 0.899 bits per heavy atom. The van der Waals surface area contributed by atoms with Gasteiger partial charge in [0, 0.05) is 32.1 Å². The number of hydrogen-bond donors (Lipinski definition) is 19. The number of unbranched alkanes of at least 4 members (excludes halogenated alkanes) is 28. The highest BCUT2D eigenvalue weighted by atomic mass is 16.8. The first kappa shape index (κ1) is 96.6. The molecule has 28 unspecified atom stereocenters. The summed E-state index contributed by atoms with van der Waals surface area (Å²) in [5.41, 5.74) is 0. The highest BCUT2D eigenvalue weighted by Crippen LogP contribution is 2.43. The van der Waals surface area contributed by atoms with Crippen LogP contribution < -0.4 is 10.6 Å². The summed E-state index contributed by atoms with van der Waals surface area (Å²) in [7, 11) is 0. The second-order valence-electron chi connectivity index (χ2n) is 30.7. The Labute approximate surface area is 641 Å². The number of ketones is 1. The van der Waals surface area contributed by atoms with Crippen LogP contribution in [0.3, 0.4) is 0 Å². The Kier molecular flexibility index (Phi) is 46.0. The second-order valence-corrected chi connectivity index (χ2v) is 30.7. The van der Waals surface area contributed by atoms with E-state index < -0.39 is 241 Å². The topological polar surface area (TPSA) is 529 Å². The van der Waals surface area contributed by atoms with Crippen LogP contribution in [0, 0.1) is 5.92 Å². The molecule has 109 heavy (non-hydrogen) atoms. The molecule has 33 heteroatoms. The van der Waals surface area contributed by atoms with Crippen molar-refractivity contribution in [2.45, 2.75) is 411 Å². The zero-order chi connectivity index (χ0) is 80.2. The van der Waals surface area contributed by atoms with E-state index in [0.717, 1.165) is 71.6 Å². The number of nitrogens with one attached hydrogen (secondary N) is 2. The van der Waals surface area contributed by atoms with Crippen LogP contribution in [0.2, 0.25) is 0 Å². The van der Waals surface area contributed by atoms with Gasteiger partial charge in [-0.05, 0) is 19.8 Å². The molecule has 5 aliphatic heterocycles. The van der Waals surface area contributed by atoms with Gasteiger partial charge in [0.25, 0.3) is 5.79 Å². The van der Waals surface area contributed by atoms with Crippen LogP contribution in [-0.2, 0) is 66.5 Å². The van der Waals surface area contributed by atoms with Crippen LogP contribution in [0.15, 0.2) is 0 Å². The van der Waals surface area contributed by atoms with E-state index in [1.807, 2.05) is 0 Å². The quantitative estimate of drug-likeness (QED) is 0.0378. The number of Topliss-reactive ketones (excluding diaryl/α,β-unsaturated/α-hetero) is 1. The maximum absolute atomic E-state index is 13.8. The molecule has 2 amide bonds. The molecule has 638 valence electrons. The molecule has 5 saturated heterocycles. The second kappa shape index (κ2) is 51.9. The summed E-state index contributed by atoms with van der Waals surface area (Å²) in [6, 6.07) is -2.80. The smallest absolute Gasteiger partial charge is 0.364 e. The molecule has 5 aliphatic rings. The number of carbonyl (C=O) groups is 4. The van der Waals surface area contributed by atoms with E-state index in [-0.39, 0.29) is 18.7 Å². The predicted octanol–water partition coefficient (Wildman–Crippen LogP) is 1.05. The average molecular weight is 1580 g/mol. The molecular weight excluding hydrogens is 1440 g/mol. The third kappa shape index (κ3) is 30.6. The largest absolute Gasteiger partial charge is 0.477 e. The fourth-order valence-corrected chi connectivity index (χ4v) is 15.2. The SMILES string of the molecule is CCCCCCCCCCCCCCCCCCCC(=O)NC(COC1OC(CO)C(OC2OC(CO)C(OC3OC(CO)C(O)C(OC4OC(CO)C(O)C(O)C4O)C3CC(C)=O)C(OC3(C(=O)O)CC(O)C(NC(C)=O)C(C(O)C(O)CO)O3)C2O)C(O)C1O)C(O)CCCCCCCCCCCCCCC. The zero-order valence-corrected chi connectivity index (χ0v) is 64.7. The third-order valence-corrected chi connectivity index (χ3v) is 21.7. The lowest BCUT2D eigenvalue weighted by atomic mass is 9.86. The minimum atomic E-state index is -3.36. The van der Waals surface area contributed by atoms with E-state index in [1.165, 1.54) is 122 Å². The van der Waals surface area contributed by atoms with E-state index in [0.29, 0.717) is 12.8 Å². The van der Waals surface area contributed by atoms with Crippen LogP contribution in [-0.4, -0.2) is 315 Å². The Bertz CT molecular complexity index is 2480. The van der Waals surface area contributed by atoms with Gasteiger partial charge >= 0.3 is 5.97 Å². The van der Waals surface area contributed by atoms with Gasteiger partial charge in [-0.15, -0.1) is 0 Å². The lowest BCUT2D eigenvalue weighted by Crippen LogP contribution is -2.71. The molecule has 0 saturated carbocycles. The van der Waals surface area contributed by atoms with E-state index in [9.17, 15) is 106 Å². The van der Waals surface area contributed by atoms with E-state index in [1.54, 1.807) is 0 Å². The molecule has 0 radical (unpaired) electrons. The molecule has 33 nitrogen and oxygen atoms in total. The molecule has 0 aromatic rings. The Hall–Kier alpha value is -2.96. The number of hydrogen-bond acceptors (Lipinski definition) is 30. The van der Waals surface area contributed by atoms with Crippen LogP contribution in [0.4, 0.5) is 0 Å². The van der Waals surface area contributed by atoms with Crippen LogP contribution in [0.5, 0.6) is 0 Å². The van der Waals surface area contributed by atoms with Crippen LogP contribution in [0.25, 0.3) is 0 Å². The van der Waals surface area contributed by atoms with E-state index in [2.05, 4.69) is 24.5 Å². The summed E-state index contributed by atoms with van der Waals surface area (Å²) >= 11 is 0. The molecule has 28 atom stereocenters. The maximum atomic E-state index is 13.8. The lowest BCUT2D eigenvalue weighted by Gasteiger charge is -2.52. The Balaban J connectivity index is 1.37. The summed E-state index contributed by atoms with van der Waals surface area (Å²) < 4.78 is 60.5. The van der Waals surface area contributed by atoms with Crippen molar-refractivity contribution < 1.29 is 153 Å². The third-order valence-electron chi connectivity index (χ3n) is 21.7. The lowest BCUT2D eigenvalue weighted by molar-refractivity contribution is -0.406. The van der Waals surface area contributed by atoms with Gasteiger partial charge in [-0.3, -0.25) is 9.59 Å². The Morgan fingerprint density at radius 3 is 1.39 bits per heavy atom. The first-order valence-corrected chi connectivity index (χ1v) is 40.6. The number of ether oxygens (including phenoxy) is 10. The van der Waals surface area contributed by atoms with Gasteiger partial charge in [0.15, 0.2) is 25.2 Å². The van der Waals surface area contributed by atoms with Crippen molar-refractivity contribution in [3.63, 3.8) is 0 Å². The molecule has 0 aliphatic carbocycles. The minimum Gasteiger partial charge on any atom is -0.477 e. The molecule has 5 fully saturated rings. The minimum absolute atomic E-state index is 0.162. The molecule has 19 N–H and O–H groups in total. The maximum Gasteiger partial charge on any atom is 0.364 e. The number of aliphatic hydroxyl groups is 16. The molecule has 5 heterocycles. The van der Waals surface area contributed by atoms with Crippen molar-refractivity contribution >= 4 is 23.6 Å². The summed E-state index contributed by atoms with van der Waals surface area (Å²) in [6.45, 7) is 0.617. The van der Waals surface area contributed by atoms with Crippen molar-refractivity contribution in [2.75, 3.05) is 39.6 Å². The van der Waals surface area contributed by atoms with Gasteiger partial charge in [-0.1, -0.05) is 200 Å². The van der Waals surface area contributed by atoms with Crippen LogP contribution >= 0.6 is 0 Å². The number of rotatable bonds is 56. The van der Waals surface area contributed by atoms with Crippen LogP contribution in [0.1, 0.15) is 246 Å².